The highest BCUT2D eigenvalue weighted by Gasteiger charge is 2.36. The Hall–Kier alpha value is -0.160. The zero-order valence-electron chi connectivity index (χ0n) is 13.4. The van der Waals surface area contributed by atoms with Crippen LogP contribution in [-0.2, 0) is 0 Å². The number of likely N-dealkylation sites (tertiary alicyclic amines) is 1. The van der Waals surface area contributed by atoms with Gasteiger partial charge in [0.05, 0.1) is 6.61 Å². The first-order valence-corrected chi connectivity index (χ1v) is 8.47. The van der Waals surface area contributed by atoms with Crippen LogP contribution in [0, 0.1) is 0 Å². The van der Waals surface area contributed by atoms with Crippen molar-refractivity contribution in [1.29, 1.82) is 0 Å². The molecule has 2 rings (SSSR count). The molecule has 0 aromatic heterocycles. The first-order chi connectivity index (χ1) is 9.69. The Kier molecular flexibility index (Phi) is 6.27. The minimum absolute atomic E-state index is 0.0282. The van der Waals surface area contributed by atoms with Gasteiger partial charge < -0.3 is 20.2 Å². The SMILES string of the molecule is CCNC1(CO)CCCC(N(C)CCN2CCCC2)C1. The van der Waals surface area contributed by atoms with Gasteiger partial charge in [0.2, 0.25) is 0 Å². The fourth-order valence-electron chi connectivity index (χ4n) is 3.93. The number of nitrogens with zero attached hydrogens (tertiary/aromatic N) is 2. The molecule has 2 fully saturated rings. The lowest BCUT2D eigenvalue weighted by Crippen LogP contribution is -2.55. The number of rotatable bonds is 7. The van der Waals surface area contributed by atoms with E-state index >= 15 is 0 Å². The van der Waals surface area contributed by atoms with Crippen LogP contribution in [0.5, 0.6) is 0 Å². The van der Waals surface area contributed by atoms with Gasteiger partial charge in [-0.1, -0.05) is 6.92 Å². The molecule has 1 heterocycles. The number of nitrogens with one attached hydrogen (secondary N) is 1. The number of hydrogen-bond acceptors (Lipinski definition) is 4. The molecule has 1 aliphatic heterocycles. The summed E-state index contributed by atoms with van der Waals surface area (Å²) in [4.78, 5) is 5.11. The van der Waals surface area contributed by atoms with E-state index in [2.05, 4.69) is 29.1 Å². The lowest BCUT2D eigenvalue weighted by Gasteiger charge is -2.43. The monoisotopic (exact) mass is 283 g/mol. The summed E-state index contributed by atoms with van der Waals surface area (Å²) in [6.07, 6.45) is 7.47. The Bertz CT molecular complexity index is 277. The maximum Gasteiger partial charge on any atom is 0.0613 e. The molecular weight excluding hydrogens is 250 g/mol. The first kappa shape index (κ1) is 16.2. The molecule has 0 spiro atoms. The van der Waals surface area contributed by atoms with Crippen molar-refractivity contribution in [1.82, 2.24) is 15.1 Å². The van der Waals surface area contributed by atoms with Crippen molar-refractivity contribution in [2.45, 2.75) is 57.0 Å². The third-order valence-electron chi connectivity index (χ3n) is 5.26. The predicted octanol–water partition coefficient (Wildman–Crippen LogP) is 1.30. The van der Waals surface area contributed by atoms with E-state index in [1.165, 1.54) is 45.3 Å². The second-order valence-electron chi connectivity index (χ2n) is 6.75. The normalized spacial score (nSPS) is 32.1. The van der Waals surface area contributed by atoms with Gasteiger partial charge in [0, 0.05) is 24.7 Å². The first-order valence-electron chi connectivity index (χ1n) is 8.47. The summed E-state index contributed by atoms with van der Waals surface area (Å²) in [6, 6.07) is 0.623. The van der Waals surface area contributed by atoms with Crippen LogP contribution in [0.25, 0.3) is 0 Å². The molecular formula is C16H33N3O. The van der Waals surface area contributed by atoms with Gasteiger partial charge in [0.15, 0.2) is 0 Å². The van der Waals surface area contributed by atoms with Gasteiger partial charge in [0.1, 0.15) is 0 Å². The minimum atomic E-state index is -0.0282. The van der Waals surface area contributed by atoms with Crippen molar-refractivity contribution in [2.24, 2.45) is 0 Å². The highest BCUT2D eigenvalue weighted by Crippen LogP contribution is 2.30. The minimum Gasteiger partial charge on any atom is -0.394 e. The van der Waals surface area contributed by atoms with Gasteiger partial charge >= 0.3 is 0 Å². The van der Waals surface area contributed by atoms with Crippen molar-refractivity contribution in [2.75, 3.05) is 46.4 Å². The quantitative estimate of drug-likeness (QED) is 0.739. The topological polar surface area (TPSA) is 38.7 Å². The van der Waals surface area contributed by atoms with Crippen molar-refractivity contribution >= 4 is 0 Å². The molecule has 0 amide bonds. The molecule has 0 aromatic carbocycles. The Morgan fingerprint density at radius 2 is 2.05 bits per heavy atom. The van der Waals surface area contributed by atoms with Crippen LogP contribution >= 0.6 is 0 Å². The summed E-state index contributed by atoms with van der Waals surface area (Å²) in [7, 11) is 2.26. The van der Waals surface area contributed by atoms with E-state index < -0.39 is 0 Å². The smallest absolute Gasteiger partial charge is 0.0613 e. The summed E-state index contributed by atoms with van der Waals surface area (Å²) in [5, 5.41) is 13.3. The van der Waals surface area contributed by atoms with E-state index in [1.807, 2.05) is 0 Å². The van der Waals surface area contributed by atoms with Crippen LogP contribution in [0.4, 0.5) is 0 Å². The van der Waals surface area contributed by atoms with Crippen molar-refractivity contribution in [3.63, 3.8) is 0 Å². The molecule has 4 heteroatoms. The summed E-state index contributed by atoms with van der Waals surface area (Å²) < 4.78 is 0. The van der Waals surface area contributed by atoms with Gasteiger partial charge in [0.25, 0.3) is 0 Å². The van der Waals surface area contributed by atoms with Crippen LogP contribution in [-0.4, -0.2) is 72.9 Å². The maximum absolute atomic E-state index is 9.79. The third-order valence-corrected chi connectivity index (χ3v) is 5.26. The molecule has 1 aliphatic carbocycles. The Labute approximate surface area is 124 Å². The van der Waals surface area contributed by atoms with E-state index in [1.54, 1.807) is 0 Å². The summed E-state index contributed by atoms with van der Waals surface area (Å²) in [6.45, 7) is 8.31. The fraction of sp³-hybridized carbons (Fsp3) is 1.00. The van der Waals surface area contributed by atoms with Crippen LogP contribution in [0.1, 0.15) is 45.4 Å². The Balaban J connectivity index is 1.80. The third kappa shape index (κ3) is 4.17. The lowest BCUT2D eigenvalue weighted by molar-refractivity contribution is 0.0675. The molecule has 2 N–H and O–H groups in total. The Morgan fingerprint density at radius 1 is 1.30 bits per heavy atom. The fourth-order valence-corrected chi connectivity index (χ4v) is 3.93. The largest absolute Gasteiger partial charge is 0.394 e. The van der Waals surface area contributed by atoms with Crippen molar-refractivity contribution in [3.8, 4) is 0 Å². The molecule has 4 nitrogen and oxygen atoms in total. The van der Waals surface area contributed by atoms with E-state index in [0.29, 0.717) is 6.04 Å². The van der Waals surface area contributed by atoms with Gasteiger partial charge in [-0.2, -0.15) is 0 Å². The summed E-state index contributed by atoms with van der Waals surface area (Å²) in [5.41, 5.74) is -0.0282. The second kappa shape index (κ2) is 7.74. The highest BCUT2D eigenvalue weighted by atomic mass is 16.3. The van der Waals surface area contributed by atoms with E-state index in [4.69, 9.17) is 0 Å². The van der Waals surface area contributed by atoms with Crippen molar-refractivity contribution < 1.29 is 5.11 Å². The molecule has 20 heavy (non-hydrogen) atoms. The van der Waals surface area contributed by atoms with E-state index in [-0.39, 0.29) is 12.1 Å². The molecule has 2 aliphatic rings. The molecule has 2 atom stereocenters. The van der Waals surface area contributed by atoms with Gasteiger partial charge in [-0.15, -0.1) is 0 Å². The molecule has 0 radical (unpaired) electrons. The number of hydrogen-bond donors (Lipinski definition) is 2. The Morgan fingerprint density at radius 3 is 2.70 bits per heavy atom. The number of aliphatic hydroxyl groups is 1. The average molecular weight is 283 g/mol. The van der Waals surface area contributed by atoms with Gasteiger partial charge in [-0.25, -0.2) is 0 Å². The molecule has 0 bridgehead atoms. The highest BCUT2D eigenvalue weighted by molar-refractivity contribution is 4.95. The van der Waals surface area contributed by atoms with Gasteiger partial charge in [-0.3, -0.25) is 0 Å². The van der Waals surface area contributed by atoms with Crippen LogP contribution < -0.4 is 5.32 Å². The lowest BCUT2D eigenvalue weighted by atomic mass is 9.79. The summed E-state index contributed by atoms with van der Waals surface area (Å²) >= 11 is 0. The second-order valence-corrected chi connectivity index (χ2v) is 6.75. The van der Waals surface area contributed by atoms with Crippen LogP contribution in [0.2, 0.25) is 0 Å². The predicted molar refractivity (Wildman–Crippen MR) is 84.1 cm³/mol. The van der Waals surface area contributed by atoms with Gasteiger partial charge in [-0.05, 0) is 65.2 Å². The average Bonchev–Trinajstić information content (AvgIpc) is 2.98. The molecule has 118 valence electrons. The molecule has 2 unspecified atom stereocenters. The molecule has 1 saturated heterocycles. The zero-order valence-corrected chi connectivity index (χ0v) is 13.4. The zero-order chi connectivity index (χ0) is 14.4. The summed E-state index contributed by atoms with van der Waals surface area (Å²) in [5.74, 6) is 0. The number of aliphatic hydroxyl groups excluding tert-OH is 1. The molecule has 0 aromatic rings. The van der Waals surface area contributed by atoms with Crippen LogP contribution in [0.3, 0.4) is 0 Å². The number of likely N-dealkylation sites (N-methyl/N-ethyl adjacent to an activating group) is 2. The molecule has 1 saturated carbocycles. The maximum atomic E-state index is 9.79. The van der Waals surface area contributed by atoms with E-state index in [0.717, 1.165) is 25.9 Å². The van der Waals surface area contributed by atoms with Crippen molar-refractivity contribution in [3.05, 3.63) is 0 Å². The van der Waals surface area contributed by atoms with E-state index in [9.17, 15) is 5.11 Å². The van der Waals surface area contributed by atoms with Crippen LogP contribution in [0.15, 0.2) is 0 Å². The standard InChI is InChI=1S/C16H33N3O/c1-3-17-16(14-20)8-6-7-15(13-16)18(2)11-12-19-9-4-5-10-19/h15,17,20H,3-14H2,1-2H3.